The fourth-order valence-electron chi connectivity index (χ4n) is 1.99. The minimum atomic E-state index is -1.02. The molecule has 0 amide bonds. The van der Waals surface area contributed by atoms with Gasteiger partial charge in [0, 0.05) is 5.92 Å². The lowest BCUT2D eigenvalue weighted by atomic mass is 9.86. The van der Waals surface area contributed by atoms with Crippen molar-refractivity contribution >= 4 is 11.9 Å². The summed E-state index contributed by atoms with van der Waals surface area (Å²) in [6, 6.07) is 9.25. The van der Waals surface area contributed by atoms with E-state index in [-0.39, 0.29) is 13.2 Å². The van der Waals surface area contributed by atoms with Crippen LogP contribution >= 0.6 is 0 Å². The van der Waals surface area contributed by atoms with Crippen LogP contribution in [-0.2, 0) is 19.1 Å². The van der Waals surface area contributed by atoms with Crippen LogP contribution in [0.1, 0.15) is 25.3 Å². The van der Waals surface area contributed by atoms with Gasteiger partial charge in [0.15, 0.2) is 5.92 Å². The van der Waals surface area contributed by atoms with E-state index in [1.807, 2.05) is 30.3 Å². The van der Waals surface area contributed by atoms with Crippen LogP contribution in [0.15, 0.2) is 43.0 Å². The van der Waals surface area contributed by atoms with Crippen LogP contribution in [0.25, 0.3) is 0 Å². The minimum Gasteiger partial charge on any atom is -0.465 e. The second-order valence-corrected chi connectivity index (χ2v) is 4.15. The topological polar surface area (TPSA) is 52.6 Å². The first-order valence-corrected chi connectivity index (χ1v) is 6.66. The third kappa shape index (κ3) is 3.95. The molecule has 0 heterocycles. The number of carbonyl (C=O) groups is 2. The predicted octanol–water partition coefficient (Wildman–Crippen LogP) is 2.70. The Morgan fingerprint density at radius 2 is 1.60 bits per heavy atom. The van der Waals surface area contributed by atoms with Crippen LogP contribution in [0, 0.1) is 5.92 Å². The normalized spacial score (nSPS) is 11.8. The van der Waals surface area contributed by atoms with Gasteiger partial charge in [0.2, 0.25) is 0 Å². The van der Waals surface area contributed by atoms with Crippen LogP contribution in [0.2, 0.25) is 0 Å². The monoisotopic (exact) mass is 276 g/mol. The number of hydrogen-bond donors (Lipinski definition) is 0. The standard InChI is InChI=1S/C16H20O4/c1-4-13(12-10-8-7-9-11-12)14(15(17)19-5-2)16(18)20-6-3/h4,7-11,13-14H,1,5-6H2,2-3H3. The summed E-state index contributed by atoms with van der Waals surface area (Å²) in [4.78, 5) is 24.1. The van der Waals surface area contributed by atoms with Gasteiger partial charge >= 0.3 is 11.9 Å². The van der Waals surface area contributed by atoms with Gasteiger partial charge in [-0.05, 0) is 19.4 Å². The molecule has 0 aliphatic carbocycles. The highest BCUT2D eigenvalue weighted by Crippen LogP contribution is 2.28. The Morgan fingerprint density at radius 3 is 2.00 bits per heavy atom. The molecule has 0 spiro atoms. The van der Waals surface area contributed by atoms with Gasteiger partial charge < -0.3 is 9.47 Å². The number of benzene rings is 1. The number of allylic oxidation sites excluding steroid dienone is 1. The predicted molar refractivity (Wildman–Crippen MR) is 76.1 cm³/mol. The summed E-state index contributed by atoms with van der Waals surface area (Å²) in [7, 11) is 0. The highest BCUT2D eigenvalue weighted by molar-refractivity contribution is 5.96. The average molecular weight is 276 g/mol. The van der Waals surface area contributed by atoms with Gasteiger partial charge in [0.1, 0.15) is 0 Å². The van der Waals surface area contributed by atoms with E-state index in [1.165, 1.54) is 0 Å². The van der Waals surface area contributed by atoms with Gasteiger partial charge in [0.05, 0.1) is 13.2 Å². The smallest absolute Gasteiger partial charge is 0.321 e. The molecule has 4 nitrogen and oxygen atoms in total. The van der Waals surface area contributed by atoms with Crippen molar-refractivity contribution in [2.75, 3.05) is 13.2 Å². The van der Waals surface area contributed by atoms with Crippen molar-refractivity contribution in [3.8, 4) is 0 Å². The van der Waals surface area contributed by atoms with Gasteiger partial charge in [-0.25, -0.2) is 0 Å². The second kappa shape index (κ2) is 8.15. The van der Waals surface area contributed by atoms with Crippen LogP contribution in [0.5, 0.6) is 0 Å². The van der Waals surface area contributed by atoms with Crippen molar-refractivity contribution in [1.82, 2.24) is 0 Å². The number of esters is 2. The molecule has 1 unspecified atom stereocenters. The maximum Gasteiger partial charge on any atom is 0.321 e. The Labute approximate surface area is 119 Å². The molecular formula is C16H20O4. The number of hydrogen-bond acceptors (Lipinski definition) is 4. The fourth-order valence-corrected chi connectivity index (χ4v) is 1.99. The lowest BCUT2D eigenvalue weighted by molar-refractivity contribution is -0.162. The summed E-state index contributed by atoms with van der Waals surface area (Å²) in [6.45, 7) is 7.56. The molecule has 0 aromatic heterocycles. The van der Waals surface area contributed by atoms with Crippen molar-refractivity contribution in [3.63, 3.8) is 0 Å². The molecule has 1 rings (SSSR count). The van der Waals surface area contributed by atoms with E-state index in [1.54, 1.807) is 19.9 Å². The molecule has 0 aliphatic heterocycles. The molecule has 0 aliphatic rings. The molecule has 108 valence electrons. The molecule has 0 saturated carbocycles. The maximum atomic E-state index is 12.1. The number of carbonyl (C=O) groups excluding carboxylic acids is 2. The highest BCUT2D eigenvalue weighted by Gasteiger charge is 2.36. The van der Waals surface area contributed by atoms with Crippen LogP contribution in [0.4, 0.5) is 0 Å². The Kier molecular flexibility index (Phi) is 6.50. The van der Waals surface area contributed by atoms with Gasteiger partial charge in [-0.3, -0.25) is 9.59 Å². The summed E-state index contributed by atoms with van der Waals surface area (Å²) in [5, 5.41) is 0. The summed E-state index contributed by atoms with van der Waals surface area (Å²) in [6.07, 6.45) is 1.58. The van der Waals surface area contributed by atoms with Gasteiger partial charge in [-0.2, -0.15) is 0 Å². The third-order valence-corrected chi connectivity index (χ3v) is 2.88. The lowest BCUT2D eigenvalue weighted by Gasteiger charge is -2.21. The Balaban J connectivity index is 3.09. The molecule has 0 radical (unpaired) electrons. The maximum absolute atomic E-state index is 12.1. The molecule has 1 aromatic rings. The first kappa shape index (κ1) is 16.0. The van der Waals surface area contributed by atoms with Crippen molar-refractivity contribution < 1.29 is 19.1 Å². The molecule has 0 N–H and O–H groups in total. The number of rotatable bonds is 7. The summed E-state index contributed by atoms with van der Waals surface area (Å²) < 4.78 is 9.98. The van der Waals surface area contributed by atoms with E-state index < -0.39 is 23.8 Å². The number of ether oxygens (including phenoxy) is 2. The summed E-state index contributed by atoms with van der Waals surface area (Å²) >= 11 is 0. The largest absolute Gasteiger partial charge is 0.465 e. The highest BCUT2D eigenvalue weighted by atomic mass is 16.6. The van der Waals surface area contributed by atoms with Gasteiger partial charge in [0.25, 0.3) is 0 Å². The molecule has 0 fully saturated rings. The van der Waals surface area contributed by atoms with Crippen LogP contribution in [0.3, 0.4) is 0 Å². The molecule has 0 bridgehead atoms. The van der Waals surface area contributed by atoms with Gasteiger partial charge in [-0.1, -0.05) is 36.4 Å². The Bertz CT molecular complexity index is 435. The SMILES string of the molecule is C=CC(c1ccccc1)C(C(=O)OCC)C(=O)OCC. The van der Waals surface area contributed by atoms with E-state index in [0.29, 0.717) is 0 Å². The fraction of sp³-hybridized carbons (Fsp3) is 0.375. The second-order valence-electron chi connectivity index (χ2n) is 4.15. The van der Waals surface area contributed by atoms with Crippen molar-refractivity contribution in [2.45, 2.75) is 19.8 Å². The van der Waals surface area contributed by atoms with Crippen LogP contribution in [-0.4, -0.2) is 25.2 Å². The summed E-state index contributed by atoms with van der Waals surface area (Å²) in [5.41, 5.74) is 0.827. The van der Waals surface area contributed by atoms with E-state index in [0.717, 1.165) is 5.56 Å². The minimum absolute atomic E-state index is 0.216. The molecular weight excluding hydrogens is 256 g/mol. The quantitative estimate of drug-likeness (QED) is 0.436. The van der Waals surface area contributed by atoms with E-state index in [4.69, 9.17) is 9.47 Å². The molecule has 1 atom stereocenters. The van der Waals surface area contributed by atoms with Crippen molar-refractivity contribution in [1.29, 1.82) is 0 Å². The lowest BCUT2D eigenvalue weighted by Crippen LogP contribution is -2.32. The zero-order valence-corrected chi connectivity index (χ0v) is 11.9. The van der Waals surface area contributed by atoms with E-state index >= 15 is 0 Å². The van der Waals surface area contributed by atoms with Crippen molar-refractivity contribution in [2.24, 2.45) is 5.92 Å². The third-order valence-electron chi connectivity index (χ3n) is 2.88. The van der Waals surface area contributed by atoms with Crippen molar-refractivity contribution in [3.05, 3.63) is 48.6 Å². The molecule has 1 aromatic carbocycles. The first-order chi connectivity index (χ1) is 9.65. The summed E-state index contributed by atoms with van der Waals surface area (Å²) in [5.74, 6) is -2.65. The van der Waals surface area contributed by atoms with Crippen LogP contribution < -0.4 is 0 Å². The van der Waals surface area contributed by atoms with E-state index in [2.05, 4.69) is 6.58 Å². The molecule has 20 heavy (non-hydrogen) atoms. The molecule has 0 saturated heterocycles. The zero-order chi connectivity index (χ0) is 15.0. The Morgan fingerprint density at radius 1 is 1.10 bits per heavy atom. The first-order valence-electron chi connectivity index (χ1n) is 6.66. The molecule has 4 heteroatoms. The Hall–Kier alpha value is -2.10. The van der Waals surface area contributed by atoms with E-state index in [9.17, 15) is 9.59 Å². The van der Waals surface area contributed by atoms with Gasteiger partial charge in [-0.15, -0.1) is 6.58 Å². The zero-order valence-electron chi connectivity index (χ0n) is 11.9. The average Bonchev–Trinajstić information content (AvgIpc) is 2.45.